The molecule has 0 fully saturated rings. The van der Waals surface area contributed by atoms with Crippen LogP contribution in [0.4, 0.5) is 5.69 Å². The number of hydrogen-bond acceptors (Lipinski definition) is 8. The maximum Gasteiger partial charge on any atom is 0.305 e. The average Bonchev–Trinajstić information content (AvgIpc) is 3.18. The van der Waals surface area contributed by atoms with Gasteiger partial charge in [0.05, 0.1) is 20.6 Å². The van der Waals surface area contributed by atoms with Crippen LogP contribution in [0.2, 0.25) is 5.02 Å². The molecule has 0 bridgehead atoms. The van der Waals surface area contributed by atoms with E-state index in [1.165, 1.54) is 26.4 Å². The largest absolute Gasteiger partial charge is 0.496 e. The number of ether oxygens (including phenoxy) is 3. The number of hydrogen-bond donors (Lipinski definition) is 3. The molecule has 2 aromatic rings. The number of amides is 1. The highest BCUT2D eigenvalue weighted by Gasteiger charge is 2.60. The third kappa shape index (κ3) is 4.60. The van der Waals surface area contributed by atoms with Gasteiger partial charge in [0, 0.05) is 41.6 Å². The lowest BCUT2D eigenvalue weighted by molar-refractivity contribution is -0.136. The van der Waals surface area contributed by atoms with Crippen LogP contribution in [0.25, 0.3) is 0 Å². The number of carboxylic acid groups (broad SMARTS) is 1. The molecule has 1 aliphatic carbocycles. The fraction of sp³-hybridized carbons (Fsp3) is 0.308. The molecule has 10 nitrogen and oxygen atoms in total. The van der Waals surface area contributed by atoms with Gasteiger partial charge in [-0.1, -0.05) is 24.6 Å². The smallest absolute Gasteiger partial charge is 0.305 e. The number of aliphatic carboxylic acids is 1. The summed E-state index contributed by atoms with van der Waals surface area (Å²) in [7, 11) is 2.82. The summed E-state index contributed by atoms with van der Waals surface area (Å²) in [5, 5.41) is 14.5. The Bertz CT molecular complexity index is 1340. The molecule has 4 rings (SSSR count). The van der Waals surface area contributed by atoms with Crippen LogP contribution in [0.15, 0.2) is 42.1 Å². The summed E-state index contributed by atoms with van der Waals surface area (Å²) in [4.78, 5) is 50.0. The van der Waals surface area contributed by atoms with E-state index >= 15 is 0 Å². The highest BCUT2D eigenvalue weighted by molar-refractivity contribution is 6.36. The van der Waals surface area contributed by atoms with Gasteiger partial charge in [-0.05, 0) is 24.6 Å². The standard InChI is InChI=1S/C26H25ClN2O8/c1-13-9-16(29-15-6-4-5-14(10-15)25(34)28-8-7-20(31)32)11-19(30)26(13)24(33)21-17(35-2)12-18(36-3)22(27)23(21)37-26/h4-6,10-13,29H,7-9H2,1-3H3,(H,28,34)(H,31,32). The third-order valence-corrected chi connectivity index (χ3v) is 6.72. The first-order valence-electron chi connectivity index (χ1n) is 11.4. The maximum atomic E-state index is 13.6. The van der Waals surface area contributed by atoms with Gasteiger partial charge in [0.1, 0.15) is 22.1 Å². The molecule has 1 amide bonds. The number of fused-ring (bicyclic) bond motifs is 1. The Morgan fingerprint density at radius 2 is 1.92 bits per heavy atom. The summed E-state index contributed by atoms with van der Waals surface area (Å²) in [5.41, 5.74) is -0.287. The zero-order chi connectivity index (χ0) is 26.9. The van der Waals surface area contributed by atoms with E-state index in [-0.39, 0.29) is 47.2 Å². The molecule has 3 N–H and O–H groups in total. The molecule has 11 heteroatoms. The molecule has 1 aliphatic heterocycles. The number of methoxy groups -OCH3 is 2. The van der Waals surface area contributed by atoms with Crippen LogP contribution in [0.1, 0.15) is 40.5 Å². The van der Waals surface area contributed by atoms with Crippen LogP contribution < -0.4 is 24.8 Å². The van der Waals surface area contributed by atoms with Crippen molar-refractivity contribution in [3.63, 3.8) is 0 Å². The molecule has 0 saturated heterocycles. The Morgan fingerprint density at radius 3 is 2.57 bits per heavy atom. The molecule has 2 unspecified atom stereocenters. The first-order chi connectivity index (χ1) is 17.6. The Labute approximate surface area is 217 Å². The van der Waals surface area contributed by atoms with Gasteiger partial charge in [0.15, 0.2) is 5.75 Å². The van der Waals surface area contributed by atoms with Gasteiger partial charge in [0.2, 0.25) is 17.2 Å². The molecule has 2 atom stereocenters. The van der Waals surface area contributed by atoms with Gasteiger partial charge in [-0.3, -0.25) is 19.2 Å². The lowest BCUT2D eigenvalue weighted by Gasteiger charge is -2.35. The summed E-state index contributed by atoms with van der Waals surface area (Å²) in [6.45, 7) is 1.74. The van der Waals surface area contributed by atoms with Gasteiger partial charge in [0.25, 0.3) is 5.91 Å². The number of carbonyl (C=O) groups excluding carboxylic acids is 3. The lowest BCUT2D eigenvalue weighted by Crippen LogP contribution is -2.55. The van der Waals surface area contributed by atoms with E-state index < -0.39 is 35.0 Å². The number of carbonyl (C=O) groups is 4. The van der Waals surface area contributed by atoms with E-state index in [1.807, 2.05) is 0 Å². The van der Waals surface area contributed by atoms with Gasteiger partial charge in [-0.15, -0.1) is 0 Å². The van der Waals surface area contributed by atoms with E-state index in [0.29, 0.717) is 16.9 Å². The molecule has 1 heterocycles. The number of allylic oxidation sites excluding steroid dienone is 1. The number of Topliss-reactive ketones (excluding diaryl/α,β-unsaturated/α-hetero) is 1. The first kappa shape index (κ1) is 26.0. The van der Waals surface area contributed by atoms with Crippen LogP contribution in [0.5, 0.6) is 17.2 Å². The summed E-state index contributed by atoms with van der Waals surface area (Å²) in [6, 6.07) is 8.03. The molecular weight excluding hydrogens is 504 g/mol. The minimum atomic E-state index is -1.79. The monoisotopic (exact) mass is 528 g/mol. The lowest BCUT2D eigenvalue weighted by atomic mass is 9.74. The van der Waals surface area contributed by atoms with Crippen molar-refractivity contribution in [3.8, 4) is 17.2 Å². The van der Waals surface area contributed by atoms with E-state index in [0.717, 1.165) is 0 Å². The minimum Gasteiger partial charge on any atom is -0.496 e. The average molecular weight is 529 g/mol. The van der Waals surface area contributed by atoms with Gasteiger partial charge >= 0.3 is 5.97 Å². The molecule has 1 spiro atoms. The number of ketones is 2. The van der Waals surface area contributed by atoms with Gasteiger partial charge < -0.3 is 30.0 Å². The van der Waals surface area contributed by atoms with Crippen LogP contribution in [0.3, 0.4) is 0 Å². The second-order valence-corrected chi connectivity index (χ2v) is 9.09. The van der Waals surface area contributed by atoms with Crippen molar-refractivity contribution in [1.29, 1.82) is 0 Å². The van der Waals surface area contributed by atoms with Crippen molar-refractivity contribution in [2.45, 2.75) is 25.4 Å². The molecule has 0 aromatic heterocycles. The van der Waals surface area contributed by atoms with Crippen LogP contribution in [0, 0.1) is 5.92 Å². The van der Waals surface area contributed by atoms with Gasteiger partial charge in [-0.25, -0.2) is 0 Å². The second kappa shape index (κ2) is 10.1. The minimum absolute atomic E-state index is 0.00215. The molecule has 194 valence electrons. The predicted molar refractivity (Wildman–Crippen MR) is 134 cm³/mol. The van der Waals surface area contributed by atoms with Crippen LogP contribution >= 0.6 is 11.6 Å². The Morgan fingerprint density at radius 1 is 1.19 bits per heavy atom. The van der Waals surface area contributed by atoms with E-state index in [4.69, 9.17) is 30.9 Å². The van der Waals surface area contributed by atoms with Crippen LogP contribution in [-0.4, -0.2) is 54.9 Å². The normalized spacial score (nSPS) is 20.1. The number of anilines is 1. The van der Waals surface area contributed by atoms with Crippen LogP contribution in [-0.2, 0) is 9.59 Å². The maximum absolute atomic E-state index is 13.6. The van der Waals surface area contributed by atoms with Crippen molar-refractivity contribution in [1.82, 2.24) is 5.32 Å². The SMILES string of the molecule is COc1cc(OC)c2c(c1Cl)OC1(C(=O)C=C(Nc3cccc(C(=O)NCCC(=O)O)c3)CC1C)C2=O. The quantitative estimate of drug-likeness (QED) is 0.439. The Balaban J connectivity index is 1.57. The fourth-order valence-electron chi connectivity index (χ4n) is 4.52. The summed E-state index contributed by atoms with van der Waals surface area (Å²) < 4.78 is 16.6. The van der Waals surface area contributed by atoms with Crippen molar-refractivity contribution in [2.75, 3.05) is 26.1 Å². The van der Waals surface area contributed by atoms with Crippen molar-refractivity contribution in [2.24, 2.45) is 5.92 Å². The van der Waals surface area contributed by atoms with Crippen molar-refractivity contribution in [3.05, 3.63) is 58.3 Å². The highest BCUT2D eigenvalue weighted by Crippen LogP contribution is 2.53. The third-order valence-electron chi connectivity index (χ3n) is 6.36. The number of rotatable bonds is 8. The summed E-state index contributed by atoms with van der Waals surface area (Å²) >= 11 is 6.41. The van der Waals surface area contributed by atoms with Crippen molar-refractivity contribution >= 4 is 40.7 Å². The van der Waals surface area contributed by atoms with E-state index in [1.54, 1.807) is 31.2 Å². The van der Waals surface area contributed by atoms with Gasteiger partial charge in [-0.2, -0.15) is 0 Å². The topological polar surface area (TPSA) is 140 Å². The second-order valence-electron chi connectivity index (χ2n) is 8.71. The summed E-state index contributed by atoms with van der Waals surface area (Å²) in [5.74, 6) is -2.58. The Kier molecular flexibility index (Phi) is 7.13. The Hall–Kier alpha value is -4.05. The molecule has 0 saturated carbocycles. The highest BCUT2D eigenvalue weighted by atomic mass is 35.5. The zero-order valence-corrected chi connectivity index (χ0v) is 21.1. The predicted octanol–water partition coefficient (Wildman–Crippen LogP) is 3.48. The number of halogens is 1. The molecular formula is C26H25ClN2O8. The van der Waals surface area contributed by atoms with E-state index in [2.05, 4.69) is 10.6 Å². The fourth-order valence-corrected chi connectivity index (χ4v) is 4.79. The molecule has 2 aromatic carbocycles. The first-order valence-corrected chi connectivity index (χ1v) is 11.8. The number of carboxylic acids is 1. The van der Waals surface area contributed by atoms with E-state index in [9.17, 15) is 19.2 Å². The van der Waals surface area contributed by atoms with Crippen molar-refractivity contribution < 1.29 is 38.5 Å². The molecule has 37 heavy (non-hydrogen) atoms. The zero-order valence-electron chi connectivity index (χ0n) is 20.3. The summed E-state index contributed by atoms with van der Waals surface area (Å²) in [6.07, 6.45) is 1.42. The number of benzene rings is 2. The molecule has 0 radical (unpaired) electrons. The molecule has 2 aliphatic rings. The number of nitrogens with one attached hydrogen (secondary N) is 2.